The van der Waals surface area contributed by atoms with E-state index in [-0.39, 0.29) is 12.4 Å². The van der Waals surface area contributed by atoms with Crippen molar-refractivity contribution < 1.29 is 0 Å². The van der Waals surface area contributed by atoms with Gasteiger partial charge in [0, 0.05) is 36.2 Å². The zero-order valence-corrected chi connectivity index (χ0v) is 12.7. The standard InChI is InChI=1S/C16H17N3.ClH/c1-10-6-12-7-11-4-5-13(19(2)3)8-15(11)18-16(12)9-14(10)17;/h4-9H,17H2,1-3H3;1H. The van der Waals surface area contributed by atoms with Gasteiger partial charge in [-0.2, -0.15) is 0 Å². The molecule has 3 nitrogen and oxygen atoms in total. The molecule has 0 aliphatic heterocycles. The summed E-state index contributed by atoms with van der Waals surface area (Å²) in [6.45, 7) is 2.02. The summed E-state index contributed by atoms with van der Waals surface area (Å²) in [6.07, 6.45) is 0. The van der Waals surface area contributed by atoms with Gasteiger partial charge in [-0.3, -0.25) is 0 Å². The fourth-order valence-corrected chi connectivity index (χ4v) is 2.27. The van der Waals surface area contributed by atoms with Crippen LogP contribution in [-0.2, 0) is 0 Å². The van der Waals surface area contributed by atoms with E-state index in [1.807, 2.05) is 27.1 Å². The molecule has 0 unspecified atom stereocenters. The predicted molar refractivity (Wildman–Crippen MR) is 90.0 cm³/mol. The minimum absolute atomic E-state index is 0. The van der Waals surface area contributed by atoms with Crippen molar-refractivity contribution in [1.29, 1.82) is 0 Å². The summed E-state index contributed by atoms with van der Waals surface area (Å²) in [7, 11) is 4.06. The maximum Gasteiger partial charge on any atom is 0.0730 e. The fourth-order valence-electron chi connectivity index (χ4n) is 2.27. The lowest BCUT2D eigenvalue weighted by atomic mass is 10.1. The van der Waals surface area contributed by atoms with Crippen molar-refractivity contribution in [2.75, 3.05) is 24.7 Å². The number of nitrogens with zero attached hydrogens (tertiary/aromatic N) is 2. The molecule has 2 N–H and O–H groups in total. The van der Waals surface area contributed by atoms with Crippen molar-refractivity contribution in [3.63, 3.8) is 0 Å². The van der Waals surface area contributed by atoms with Crippen LogP contribution in [0.2, 0.25) is 0 Å². The Balaban J connectivity index is 0.00000147. The van der Waals surface area contributed by atoms with Crippen molar-refractivity contribution in [2.45, 2.75) is 6.92 Å². The molecule has 0 bridgehead atoms. The van der Waals surface area contributed by atoms with Crippen molar-refractivity contribution in [1.82, 2.24) is 4.98 Å². The van der Waals surface area contributed by atoms with Gasteiger partial charge in [0.1, 0.15) is 0 Å². The first-order valence-corrected chi connectivity index (χ1v) is 6.32. The quantitative estimate of drug-likeness (QED) is 0.547. The minimum atomic E-state index is 0. The maximum atomic E-state index is 5.96. The first-order valence-electron chi connectivity index (χ1n) is 6.32. The Morgan fingerprint density at radius 3 is 2.35 bits per heavy atom. The van der Waals surface area contributed by atoms with Crippen LogP contribution in [0.4, 0.5) is 11.4 Å². The highest BCUT2D eigenvalue weighted by atomic mass is 35.5. The van der Waals surface area contributed by atoms with Gasteiger partial charge >= 0.3 is 0 Å². The molecule has 0 aliphatic carbocycles. The predicted octanol–water partition coefficient (Wildman–Crippen LogP) is 3.77. The van der Waals surface area contributed by atoms with Gasteiger partial charge in [0.15, 0.2) is 0 Å². The lowest BCUT2D eigenvalue weighted by molar-refractivity contribution is 1.13. The molecule has 1 aromatic heterocycles. The highest BCUT2D eigenvalue weighted by Crippen LogP contribution is 2.26. The highest BCUT2D eigenvalue weighted by molar-refractivity contribution is 5.95. The van der Waals surface area contributed by atoms with Gasteiger partial charge in [-0.15, -0.1) is 12.4 Å². The van der Waals surface area contributed by atoms with Gasteiger partial charge in [0.2, 0.25) is 0 Å². The molecule has 0 amide bonds. The molecule has 4 heteroatoms. The van der Waals surface area contributed by atoms with Crippen LogP contribution in [0.15, 0.2) is 36.4 Å². The first kappa shape index (κ1) is 14.4. The number of aromatic nitrogens is 1. The maximum absolute atomic E-state index is 5.96. The van der Waals surface area contributed by atoms with Crippen LogP contribution in [0, 0.1) is 6.92 Å². The lowest BCUT2D eigenvalue weighted by Crippen LogP contribution is -2.08. The number of benzene rings is 2. The monoisotopic (exact) mass is 287 g/mol. The summed E-state index contributed by atoms with van der Waals surface area (Å²) in [5.41, 5.74) is 11.0. The van der Waals surface area contributed by atoms with E-state index < -0.39 is 0 Å². The van der Waals surface area contributed by atoms with Crippen molar-refractivity contribution >= 4 is 45.6 Å². The number of rotatable bonds is 1. The summed E-state index contributed by atoms with van der Waals surface area (Å²) in [6, 6.07) is 12.5. The van der Waals surface area contributed by atoms with Crippen LogP contribution in [0.3, 0.4) is 0 Å². The zero-order valence-electron chi connectivity index (χ0n) is 11.8. The van der Waals surface area contributed by atoms with E-state index >= 15 is 0 Å². The van der Waals surface area contributed by atoms with Crippen LogP contribution in [0.25, 0.3) is 21.8 Å². The summed E-state index contributed by atoms with van der Waals surface area (Å²) in [5.74, 6) is 0. The number of hydrogen-bond donors (Lipinski definition) is 1. The molecule has 0 saturated heterocycles. The number of aryl methyl sites for hydroxylation is 1. The van der Waals surface area contributed by atoms with Gasteiger partial charge in [-0.25, -0.2) is 4.98 Å². The molecule has 104 valence electrons. The van der Waals surface area contributed by atoms with E-state index in [0.717, 1.165) is 38.7 Å². The third-order valence-electron chi connectivity index (χ3n) is 3.50. The third kappa shape index (κ3) is 2.37. The molecule has 0 fully saturated rings. The largest absolute Gasteiger partial charge is 0.398 e. The van der Waals surface area contributed by atoms with E-state index in [1.54, 1.807) is 0 Å². The third-order valence-corrected chi connectivity index (χ3v) is 3.50. The second-order valence-electron chi connectivity index (χ2n) is 5.16. The first-order chi connectivity index (χ1) is 9.04. The molecular formula is C16H18ClN3. The molecule has 0 spiro atoms. The SMILES string of the molecule is Cc1cc2cc3ccc(N(C)C)cc3nc2cc1N.Cl. The Kier molecular flexibility index (Phi) is 3.73. The van der Waals surface area contributed by atoms with E-state index in [4.69, 9.17) is 10.7 Å². The Bertz CT molecular complexity index is 781. The summed E-state index contributed by atoms with van der Waals surface area (Å²) >= 11 is 0. The molecule has 20 heavy (non-hydrogen) atoms. The van der Waals surface area contributed by atoms with Crippen LogP contribution in [-0.4, -0.2) is 19.1 Å². The summed E-state index contributed by atoms with van der Waals surface area (Å²) < 4.78 is 0. The fraction of sp³-hybridized carbons (Fsp3) is 0.188. The van der Waals surface area contributed by atoms with E-state index in [1.165, 1.54) is 0 Å². The number of fused-ring (bicyclic) bond motifs is 2. The zero-order chi connectivity index (χ0) is 13.6. The smallest absolute Gasteiger partial charge is 0.0730 e. The molecule has 0 radical (unpaired) electrons. The van der Waals surface area contributed by atoms with Crippen LogP contribution >= 0.6 is 12.4 Å². The molecule has 3 aromatic rings. The second-order valence-corrected chi connectivity index (χ2v) is 5.16. The highest BCUT2D eigenvalue weighted by Gasteiger charge is 2.04. The second kappa shape index (κ2) is 5.17. The molecule has 0 saturated carbocycles. The lowest BCUT2D eigenvalue weighted by Gasteiger charge is -2.13. The molecule has 3 rings (SSSR count). The summed E-state index contributed by atoms with van der Waals surface area (Å²) in [5, 5.41) is 2.29. The Labute approximate surface area is 124 Å². The Morgan fingerprint density at radius 2 is 1.65 bits per heavy atom. The van der Waals surface area contributed by atoms with Gasteiger partial charge in [0.05, 0.1) is 11.0 Å². The Morgan fingerprint density at radius 1 is 0.950 bits per heavy atom. The minimum Gasteiger partial charge on any atom is -0.398 e. The van der Waals surface area contributed by atoms with Crippen LogP contribution in [0.5, 0.6) is 0 Å². The van der Waals surface area contributed by atoms with Crippen LogP contribution < -0.4 is 10.6 Å². The van der Waals surface area contributed by atoms with Gasteiger partial charge in [-0.1, -0.05) is 6.07 Å². The Hall–Kier alpha value is -2.00. The van der Waals surface area contributed by atoms with Gasteiger partial charge in [0.25, 0.3) is 0 Å². The molecular weight excluding hydrogens is 270 g/mol. The molecule has 0 aliphatic rings. The average molecular weight is 288 g/mol. The normalized spacial score (nSPS) is 10.6. The van der Waals surface area contributed by atoms with E-state index in [2.05, 4.69) is 35.2 Å². The number of hydrogen-bond acceptors (Lipinski definition) is 3. The molecule has 2 aromatic carbocycles. The average Bonchev–Trinajstić information content (AvgIpc) is 2.37. The topological polar surface area (TPSA) is 42.2 Å². The number of nitrogens with two attached hydrogens (primary N) is 1. The summed E-state index contributed by atoms with van der Waals surface area (Å²) in [4.78, 5) is 6.79. The van der Waals surface area contributed by atoms with Crippen molar-refractivity contribution in [2.24, 2.45) is 0 Å². The van der Waals surface area contributed by atoms with Crippen LogP contribution in [0.1, 0.15) is 5.56 Å². The number of nitrogen functional groups attached to an aromatic ring is 1. The van der Waals surface area contributed by atoms with Crippen molar-refractivity contribution in [3.05, 3.63) is 42.0 Å². The number of anilines is 2. The van der Waals surface area contributed by atoms with E-state index in [0.29, 0.717) is 0 Å². The van der Waals surface area contributed by atoms with E-state index in [9.17, 15) is 0 Å². The van der Waals surface area contributed by atoms with Gasteiger partial charge in [-0.05, 0) is 42.8 Å². The molecule has 1 heterocycles. The number of halogens is 1. The van der Waals surface area contributed by atoms with Crippen molar-refractivity contribution in [3.8, 4) is 0 Å². The number of pyridine rings is 1. The molecule has 0 atom stereocenters. The van der Waals surface area contributed by atoms with Gasteiger partial charge < -0.3 is 10.6 Å².